The number of nitrogens with zero attached hydrogens (tertiary/aromatic N) is 3. The summed E-state index contributed by atoms with van der Waals surface area (Å²) in [5.74, 6) is 0. The van der Waals surface area contributed by atoms with Gasteiger partial charge in [-0.15, -0.1) is 0 Å². The number of aryl methyl sites for hydroxylation is 1. The summed E-state index contributed by atoms with van der Waals surface area (Å²) in [4.78, 5) is 14.9. The van der Waals surface area contributed by atoms with Gasteiger partial charge in [0.05, 0.1) is 11.9 Å². The minimum atomic E-state index is -4.38. The fraction of sp³-hybridized carbons (Fsp3) is 0.154. The van der Waals surface area contributed by atoms with E-state index in [4.69, 9.17) is 11.6 Å². The van der Waals surface area contributed by atoms with E-state index >= 15 is 0 Å². The smallest absolute Gasteiger partial charge is 0.341 e. The van der Waals surface area contributed by atoms with Gasteiger partial charge < -0.3 is 4.98 Å². The Balaban J connectivity index is 2.21. The lowest BCUT2D eigenvalue weighted by molar-refractivity contribution is -0.137. The summed E-state index contributed by atoms with van der Waals surface area (Å²) in [6, 6.07) is 3.46. The van der Waals surface area contributed by atoms with Gasteiger partial charge in [0.15, 0.2) is 5.65 Å². The summed E-state index contributed by atoms with van der Waals surface area (Å²) in [5, 5.41) is -0.0103. The standard InChI is InChI=1S/C13H8ClF3N4/c1-6-4-7(13(15,16)17)2-3-8(6)9-10-11(19-5-18-10)21-12(14)20-9/h2-5H,1H3,(H,18,19,20,21). The molecule has 0 fully saturated rings. The van der Waals surface area contributed by atoms with E-state index in [0.29, 0.717) is 28.0 Å². The van der Waals surface area contributed by atoms with Gasteiger partial charge in [0.1, 0.15) is 11.2 Å². The number of hydrogen-bond acceptors (Lipinski definition) is 3. The summed E-state index contributed by atoms with van der Waals surface area (Å²) in [6.45, 7) is 1.59. The van der Waals surface area contributed by atoms with E-state index in [1.165, 1.54) is 12.4 Å². The Morgan fingerprint density at radius 3 is 2.62 bits per heavy atom. The van der Waals surface area contributed by atoms with Gasteiger partial charge in [-0.25, -0.2) is 9.97 Å². The molecule has 0 unspecified atom stereocenters. The van der Waals surface area contributed by atoms with Gasteiger partial charge in [-0.05, 0) is 36.2 Å². The number of H-pyrrole nitrogens is 1. The molecule has 0 atom stereocenters. The molecular weight excluding hydrogens is 305 g/mol. The van der Waals surface area contributed by atoms with Crippen LogP contribution in [0.1, 0.15) is 11.1 Å². The highest BCUT2D eigenvalue weighted by atomic mass is 35.5. The molecule has 1 aromatic carbocycles. The first-order valence-corrected chi connectivity index (χ1v) is 6.29. The number of alkyl halides is 3. The SMILES string of the molecule is Cc1cc(C(F)(F)F)ccc1-c1nc(Cl)nc2nc[nH]c12. The fourth-order valence-electron chi connectivity index (χ4n) is 2.11. The number of fused-ring (bicyclic) bond motifs is 1. The molecule has 108 valence electrons. The van der Waals surface area contributed by atoms with Gasteiger partial charge in [0.2, 0.25) is 5.28 Å². The molecule has 8 heteroatoms. The van der Waals surface area contributed by atoms with E-state index in [1.54, 1.807) is 6.92 Å². The topological polar surface area (TPSA) is 54.5 Å². The highest BCUT2D eigenvalue weighted by molar-refractivity contribution is 6.28. The summed E-state index contributed by atoms with van der Waals surface area (Å²) in [5.41, 5.74) is 1.60. The second kappa shape index (κ2) is 4.70. The number of benzene rings is 1. The number of hydrogen-bond donors (Lipinski definition) is 1. The molecule has 2 aromatic heterocycles. The Labute approximate surface area is 122 Å². The van der Waals surface area contributed by atoms with Crippen LogP contribution < -0.4 is 0 Å². The van der Waals surface area contributed by atoms with Gasteiger partial charge in [-0.2, -0.15) is 18.2 Å². The summed E-state index contributed by atoms with van der Waals surface area (Å²) >= 11 is 5.83. The van der Waals surface area contributed by atoms with Crippen molar-refractivity contribution in [3.05, 3.63) is 40.9 Å². The average Bonchev–Trinajstić information content (AvgIpc) is 2.84. The van der Waals surface area contributed by atoms with Crippen LogP contribution >= 0.6 is 11.6 Å². The second-order valence-electron chi connectivity index (χ2n) is 4.47. The van der Waals surface area contributed by atoms with Crippen LogP contribution in [-0.4, -0.2) is 19.9 Å². The van der Waals surface area contributed by atoms with Crippen LogP contribution in [0.4, 0.5) is 13.2 Å². The lowest BCUT2D eigenvalue weighted by atomic mass is 10.0. The van der Waals surface area contributed by atoms with Crippen LogP contribution in [0.5, 0.6) is 0 Å². The van der Waals surface area contributed by atoms with Gasteiger partial charge >= 0.3 is 6.18 Å². The molecule has 0 amide bonds. The second-order valence-corrected chi connectivity index (χ2v) is 4.81. The lowest BCUT2D eigenvalue weighted by Crippen LogP contribution is -2.05. The van der Waals surface area contributed by atoms with Crippen molar-refractivity contribution in [2.24, 2.45) is 0 Å². The van der Waals surface area contributed by atoms with E-state index in [-0.39, 0.29) is 5.28 Å². The van der Waals surface area contributed by atoms with E-state index in [2.05, 4.69) is 19.9 Å². The molecule has 1 N–H and O–H groups in total. The predicted molar refractivity (Wildman–Crippen MR) is 71.9 cm³/mol. The average molecular weight is 313 g/mol. The molecule has 3 aromatic rings. The van der Waals surface area contributed by atoms with Gasteiger partial charge in [0, 0.05) is 5.56 Å². The third-order valence-corrected chi connectivity index (χ3v) is 3.24. The molecule has 0 radical (unpaired) electrons. The first-order valence-electron chi connectivity index (χ1n) is 5.91. The predicted octanol–water partition coefficient (Wildman–Crippen LogP) is 4.00. The number of halogens is 4. The van der Waals surface area contributed by atoms with E-state index in [0.717, 1.165) is 12.1 Å². The molecule has 4 nitrogen and oxygen atoms in total. The summed E-state index contributed by atoms with van der Waals surface area (Å²) < 4.78 is 38.1. The largest absolute Gasteiger partial charge is 0.416 e. The molecule has 21 heavy (non-hydrogen) atoms. The van der Waals surface area contributed by atoms with Crippen molar-refractivity contribution in [3.8, 4) is 11.3 Å². The van der Waals surface area contributed by atoms with Crippen LogP contribution in [0.15, 0.2) is 24.5 Å². The molecule has 2 heterocycles. The number of nitrogens with one attached hydrogen (secondary N) is 1. The van der Waals surface area contributed by atoms with Crippen molar-refractivity contribution < 1.29 is 13.2 Å². The zero-order valence-corrected chi connectivity index (χ0v) is 11.4. The molecule has 0 saturated heterocycles. The maximum absolute atomic E-state index is 12.7. The normalized spacial score (nSPS) is 12.0. The molecule has 0 aliphatic heterocycles. The van der Waals surface area contributed by atoms with E-state index in [1.807, 2.05) is 0 Å². The number of rotatable bonds is 1. The molecule has 0 bridgehead atoms. The maximum atomic E-state index is 12.7. The number of aromatic nitrogens is 4. The molecular formula is C13H8ClF3N4. The van der Waals surface area contributed by atoms with E-state index in [9.17, 15) is 13.2 Å². The van der Waals surface area contributed by atoms with Gasteiger partial charge in [-0.3, -0.25) is 0 Å². The summed E-state index contributed by atoms with van der Waals surface area (Å²) in [7, 11) is 0. The summed E-state index contributed by atoms with van der Waals surface area (Å²) in [6.07, 6.45) is -2.95. The van der Waals surface area contributed by atoms with Crippen molar-refractivity contribution in [2.45, 2.75) is 13.1 Å². The van der Waals surface area contributed by atoms with Crippen LogP contribution in [0.2, 0.25) is 5.28 Å². The molecule has 0 aliphatic rings. The van der Waals surface area contributed by atoms with Crippen molar-refractivity contribution in [1.82, 2.24) is 19.9 Å². The van der Waals surface area contributed by atoms with Crippen molar-refractivity contribution >= 4 is 22.8 Å². The maximum Gasteiger partial charge on any atom is 0.416 e. The van der Waals surface area contributed by atoms with Crippen LogP contribution in [0.3, 0.4) is 0 Å². The Bertz CT molecular complexity index is 826. The Kier molecular flexibility index (Phi) is 3.09. The van der Waals surface area contributed by atoms with Gasteiger partial charge in [-0.1, -0.05) is 6.07 Å². The van der Waals surface area contributed by atoms with Crippen molar-refractivity contribution in [3.63, 3.8) is 0 Å². The monoisotopic (exact) mass is 312 g/mol. The molecule has 0 spiro atoms. The first-order chi connectivity index (χ1) is 9.86. The third kappa shape index (κ3) is 2.44. The number of imidazole rings is 1. The fourth-order valence-corrected chi connectivity index (χ4v) is 2.27. The van der Waals surface area contributed by atoms with Crippen LogP contribution in [0, 0.1) is 6.92 Å². The number of aromatic amines is 1. The molecule has 0 aliphatic carbocycles. The van der Waals surface area contributed by atoms with Crippen molar-refractivity contribution in [2.75, 3.05) is 0 Å². The van der Waals surface area contributed by atoms with Crippen LogP contribution in [0.25, 0.3) is 22.4 Å². The van der Waals surface area contributed by atoms with Gasteiger partial charge in [0.25, 0.3) is 0 Å². The Morgan fingerprint density at radius 1 is 1.19 bits per heavy atom. The third-order valence-electron chi connectivity index (χ3n) is 3.07. The quantitative estimate of drug-likeness (QED) is 0.691. The van der Waals surface area contributed by atoms with Crippen molar-refractivity contribution in [1.29, 1.82) is 0 Å². The Hall–Kier alpha value is -2.15. The minimum absolute atomic E-state index is 0.0103. The molecule has 0 saturated carbocycles. The first kappa shape index (κ1) is 13.8. The highest BCUT2D eigenvalue weighted by Gasteiger charge is 2.30. The minimum Gasteiger partial charge on any atom is -0.341 e. The zero-order chi connectivity index (χ0) is 15.2. The lowest BCUT2D eigenvalue weighted by Gasteiger charge is -2.11. The zero-order valence-electron chi connectivity index (χ0n) is 10.7. The van der Waals surface area contributed by atoms with E-state index < -0.39 is 11.7 Å². The Morgan fingerprint density at radius 2 is 1.95 bits per heavy atom. The highest BCUT2D eigenvalue weighted by Crippen LogP contribution is 2.34. The molecule has 3 rings (SSSR count). The van der Waals surface area contributed by atoms with Crippen LogP contribution in [-0.2, 0) is 6.18 Å².